The van der Waals surface area contributed by atoms with Crippen molar-refractivity contribution in [3.8, 4) is 0 Å². The molecule has 0 aromatic carbocycles. The molecule has 0 spiro atoms. The number of urea groups is 1. The number of nitrogens with zero attached hydrogens (tertiary/aromatic N) is 3. The van der Waals surface area contributed by atoms with E-state index in [0.29, 0.717) is 19.6 Å². The fourth-order valence-electron chi connectivity index (χ4n) is 3.30. The molecular weight excluding hydrogens is 308 g/mol. The van der Waals surface area contributed by atoms with Gasteiger partial charge in [-0.25, -0.2) is 9.78 Å². The van der Waals surface area contributed by atoms with Gasteiger partial charge in [-0.1, -0.05) is 0 Å². The van der Waals surface area contributed by atoms with Gasteiger partial charge in [0.25, 0.3) is 0 Å². The zero-order valence-corrected chi connectivity index (χ0v) is 14.2. The molecule has 2 unspecified atom stereocenters. The smallest absolute Gasteiger partial charge is 0.317 e. The maximum Gasteiger partial charge on any atom is 0.317 e. The summed E-state index contributed by atoms with van der Waals surface area (Å²) in [6.45, 7) is 4.46. The summed E-state index contributed by atoms with van der Waals surface area (Å²) >= 11 is 0. The monoisotopic (exact) mass is 336 g/mol. The van der Waals surface area contributed by atoms with Gasteiger partial charge in [-0.3, -0.25) is 0 Å². The van der Waals surface area contributed by atoms with Crippen LogP contribution in [0.1, 0.15) is 32.1 Å². The Balaban J connectivity index is 1.43. The van der Waals surface area contributed by atoms with Crippen molar-refractivity contribution < 1.29 is 14.3 Å². The number of ether oxygens (including phenoxy) is 2. The second-order valence-corrected chi connectivity index (χ2v) is 6.56. The third-order valence-corrected chi connectivity index (χ3v) is 4.61. The van der Waals surface area contributed by atoms with Crippen molar-refractivity contribution >= 4 is 6.03 Å². The highest BCUT2D eigenvalue weighted by Crippen LogP contribution is 2.17. The number of carbonyl (C=O) groups is 1. The summed E-state index contributed by atoms with van der Waals surface area (Å²) in [5.41, 5.74) is 0. The summed E-state index contributed by atoms with van der Waals surface area (Å²) in [7, 11) is 0. The molecule has 2 atom stereocenters. The minimum absolute atomic E-state index is 0.00775. The van der Waals surface area contributed by atoms with Crippen LogP contribution >= 0.6 is 0 Å². The van der Waals surface area contributed by atoms with Crippen molar-refractivity contribution in [3.05, 3.63) is 18.7 Å². The third-order valence-electron chi connectivity index (χ3n) is 4.61. The summed E-state index contributed by atoms with van der Waals surface area (Å²) in [5, 5.41) is 3.04. The summed E-state index contributed by atoms with van der Waals surface area (Å²) in [4.78, 5) is 18.5. The number of carbonyl (C=O) groups excluding carboxylic acids is 1. The van der Waals surface area contributed by atoms with Crippen LogP contribution in [-0.4, -0.2) is 65.5 Å². The van der Waals surface area contributed by atoms with Crippen molar-refractivity contribution in [1.82, 2.24) is 19.8 Å². The molecule has 1 N–H and O–H groups in total. The van der Waals surface area contributed by atoms with E-state index >= 15 is 0 Å². The molecule has 2 saturated heterocycles. The Labute approximate surface area is 143 Å². The first kappa shape index (κ1) is 17.2. The average molecular weight is 336 g/mol. The second-order valence-electron chi connectivity index (χ2n) is 6.56. The molecule has 1 aromatic heterocycles. The van der Waals surface area contributed by atoms with Crippen LogP contribution in [0.4, 0.5) is 4.79 Å². The summed E-state index contributed by atoms with van der Waals surface area (Å²) in [5.74, 6) is 0. The number of nitrogens with one attached hydrogen (secondary N) is 1. The van der Waals surface area contributed by atoms with E-state index in [2.05, 4.69) is 10.3 Å². The Kier molecular flexibility index (Phi) is 6.48. The number of imidazole rings is 1. The standard InChI is InChI=1S/C17H28N4O3/c22-17(19-6-3-8-20-9-7-18-14-20)21(12-15-4-1-10-23-15)13-16-5-2-11-24-16/h7,9,14-16H,1-6,8,10-13H2,(H,19,22). The van der Waals surface area contributed by atoms with E-state index in [1.54, 1.807) is 12.5 Å². The molecule has 2 aliphatic heterocycles. The minimum Gasteiger partial charge on any atom is -0.376 e. The number of aromatic nitrogens is 2. The number of rotatable bonds is 8. The van der Waals surface area contributed by atoms with Gasteiger partial charge in [-0.15, -0.1) is 0 Å². The summed E-state index contributed by atoms with van der Waals surface area (Å²) in [6, 6.07) is -0.00775. The topological polar surface area (TPSA) is 68.6 Å². The van der Waals surface area contributed by atoms with Gasteiger partial charge in [-0.2, -0.15) is 0 Å². The van der Waals surface area contributed by atoms with E-state index in [1.807, 2.05) is 15.7 Å². The van der Waals surface area contributed by atoms with Crippen LogP contribution in [0.3, 0.4) is 0 Å². The van der Waals surface area contributed by atoms with Crippen molar-refractivity contribution in [3.63, 3.8) is 0 Å². The summed E-state index contributed by atoms with van der Waals surface area (Å²) in [6.07, 6.45) is 11.0. The van der Waals surface area contributed by atoms with Crippen LogP contribution in [0, 0.1) is 0 Å². The molecule has 1 aromatic rings. The van der Waals surface area contributed by atoms with E-state index < -0.39 is 0 Å². The van der Waals surface area contributed by atoms with Crippen LogP contribution in [-0.2, 0) is 16.0 Å². The van der Waals surface area contributed by atoms with Gasteiger partial charge in [0, 0.05) is 51.8 Å². The molecule has 24 heavy (non-hydrogen) atoms. The lowest BCUT2D eigenvalue weighted by Gasteiger charge is -2.28. The van der Waals surface area contributed by atoms with Crippen LogP contribution < -0.4 is 5.32 Å². The molecule has 2 aliphatic rings. The fourth-order valence-corrected chi connectivity index (χ4v) is 3.30. The minimum atomic E-state index is -0.00775. The number of aryl methyl sites for hydroxylation is 1. The van der Waals surface area contributed by atoms with E-state index in [1.165, 1.54) is 0 Å². The largest absolute Gasteiger partial charge is 0.376 e. The molecule has 2 fully saturated rings. The van der Waals surface area contributed by atoms with Crippen LogP contribution in [0.2, 0.25) is 0 Å². The predicted molar refractivity (Wildman–Crippen MR) is 89.8 cm³/mol. The van der Waals surface area contributed by atoms with Crippen LogP contribution in [0.5, 0.6) is 0 Å². The number of hydrogen-bond donors (Lipinski definition) is 1. The zero-order chi connectivity index (χ0) is 16.6. The fraction of sp³-hybridized carbons (Fsp3) is 0.765. The normalized spacial score (nSPS) is 23.5. The predicted octanol–water partition coefficient (Wildman–Crippen LogP) is 1.64. The highest BCUT2D eigenvalue weighted by Gasteiger charge is 2.26. The van der Waals surface area contributed by atoms with Gasteiger partial charge in [0.1, 0.15) is 0 Å². The Bertz CT molecular complexity index is 464. The highest BCUT2D eigenvalue weighted by atomic mass is 16.5. The van der Waals surface area contributed by atoms with Gasteiger partial charge in [0.05, 0.1) is 18.5 Å². The Morgan fingerprint density at radius 3 is 2.46 bits per heavy atom. The Hall–Kier alpha value is -1.60. The lowest BCUT2D eigenvalue weighted by Crippen LogP contribution is -2.47. The number of hydrogen-bond acceptors (Lipinski definition) is 4. The van der Waals surface area contributed by atoms with Crippen molar-refractivity contribution in [2.75, 3.05) is 32.8 Å². The molecule has 2 amide bonds. The van der Waals surface area contributed by atoms with Crippen molar-refractivity contribution in [2.24, 2.45) is 0 Å². The average Bonchev–Trinajstić information content (AvgIpc) is 3.33. The maximum atomic E-state index is 12.6. The first-order valence-electron chi connectivity index (χ1n) is 9.03. The lowest BCUT2D eigenvalue weighted by molar-refractivity contribution is 0.0499. The van der Waals surface area contributed by atoms with Crippen molar-refractivity contribution in [1.29, 1.82) is 0 Å². The third kappa shape index (κ3) is 5.21. The van der Waals surface area contributed by atoms with Crippen molar-refractivity contribution in [2.45, 2.75) is 50.9 Å². The van der Waals surface area contributed by atoms with E-state index in [0.717, 1.165) is 51.9 Å². The van der Waals surface area contributed by atoms with Crippen LogP contribution in [0.15, 0.2) is 18.7 Å². The zero-order valence-electron chi connectivity index (χ0n) is 14.2. The summed E-state index contributed by atoms with van der Waals surface area (Å²) < 4.78 is 13.4. The lowest BCUT2D eigenvalue weighted by atomic mass is 10.2. The molecule has 7 heteroatoms. The molecular formula is C17H28N4O3. The molecule has 7 nitrogen and oxygen atoms in total. The second kappa shape index (κ2) is 9.03. The van der Waals surface area contributed by atoms with Gasteiger partial charge in [0.15, 0.2) is 0 Å². The maximum absolute atomic E-state index is 12.6. The van der Waals surface area contributed by atoms with Gasteiger partial charge in [-0.05, 0) is 32.1 Å². The Morgan fingerprint density at radius 1 is 1.21 bits per heavy atom. The quantitative estimate of drug-likeness (QED) is 0.733. The van der Waals surface area contributed by atoms with Gasteiger partial charge >= 0.3 is 6.03 Å². The SMILES string of the molecule is O=C(NCCCn1ccnc1)N(CC1CCCO1)CC1CCCO1. The molecule has 0 radical (unpaired) electrons. The number of amides is 2. The van der Waals surface area contributed by atoms with E-state index in [9.17, 15) is 4.79 Å². The van der Waals surface area contributed by atoms with Crippen LogP contribution in [0.25, 0.3) is 0 Å². The Morgan fingerprint density at radius 2 is 1.92 bits per heavy atom. The highest BCUT2D eigenvalue weighted by molar-refractivity contribution is 5.74. The van der Waals surface area contributed by atoms with E-state index in [4.69, 9.17) is 9.47 Å². The molecule has 3 rings (SSSR count). The molecule has 0 saturated carbocycles. The van der Waals surface area contributed by atoms with Gasteiger partial charge < -0.3 is 24.3 Å². The molecule has 0 bridgehead atoms. The first-order valence-corrected chi connectivity index (χ1v) is 9.03. The molecule has 134 valence electrons. The molecule has 0 aliphatic carbocycles. The first-order chi connectivity index (χ1) is 11.8. The van der Waals surface area contributed by atoms with E-state index in [-0.39, 0.29) is 18.2 Å². The van der Waals surface area contributed by atoms with Gasteiger partial charge in [0.2, 0.25) is 0 Å². The molecule has 3 heterocycles.